The van der Waals surface area contributed by atoms with Crippen LogP contribution >= 0.6 is 0 Å². The van der Waals surface area contributed by atoms with Crippen molar-refractivity contribution in [2.75, 3.05) is 13.2 Å². The van der Waals surface area contributed by atoms with Gasteiger partial charge in [-0.2, -0.15) is 0 Å². The molecule has 0 aliphatic carbocycles. The number of hydrogen-bond acceptors (Lipinski definition) is 5. The van der Waals surface area contributed by atoms with Crippen LogP contribution in [0.3, 0.4) is 0 Å². The summed E-state index contributed by atoms with van der Waals surface area (Å²) < 4.78 is 9.98. The number of fused-ring (bicyclic) bond motifs is 1. The van der Waals surface area contributed by atoms with Gasteiger partial charge in [0.15, 0.2) is 0 Å². The number of carboxylic acid groups (broad SMARTS) is 1. The predicted molar refractivity (Wildman–Crippen MR) is 64.1 cm³/mol. The number of ether oxygens (including phenoxy) is 2. The van der Waals surface area contributed by atoms with Crippen molar-refractivity contribution in [3.05, 3.63) is 35.4 Å². The minimum absolute atomic E-state index is 0.0531. The van der Waals surface area contributed by atoms with Crippen molar-refractivity contribution in [3.8, 4) is 0 Å². The Bertz CT molecular complexity index is 555. The van der Waals surface area contributed by atoms with Gasteiger partial charge in [-0.1, -0.05) is 12.1 Å². The summed E-state index contributed by atoms with van der Waals surface area (Å²) in [7, 11) is 0. The summed E-state index contributed by atoms with van der Waals surface area (Å²) in [5.74, 6) is -2.04. The molecule has 0 aromatic heterocycles. The second-order valence-corrected chi connectivity index (χ2v) is 4.52. The molecule has 0 saturated carbocycles. The number of carbonyl (C=O) groups excluding carboxylic acids is 2. The van der Waals surface area contributed by atoms with E-state index in [0.717, 1.165) is 4.90 Å². The van der Waals surface area contributed by atoms with Gasteiger partial charge in [0.25, 0.3) is 18.1 Å². The summed E-state index contributed by atoms with van der Waals surface area (Å²) in [4.78, 5) is 36.2. The largest absolute Gasteiger partial charge is 0.477 e. The first kappa shape index (κ1) is 12.8. The van der Waals surface area contributed by atoms with Gasteiger partial charge < -0.3 is 14.6 Å². The fraction of sp³-hybridized carbons (Fsp3) is 0.308. The average molecular weight is 277 g/mol. The van der Waals surface area contributed by atoms with Crippen molar-refractivity contribution in [3.63, 3.8) is 0 Å². The Labute approximate surface area is 113 Å². The van der Waals surface area contributed by atoms with Crippen molar-refractivity contribution in [1.82, 2.24) is 4.90 Å². The third-order valence-electron chi connectivity index (χ3n) is 3.27. The first-order chi connectivity index (χ1) is 9.59. The second kappa shape index (κ2) is 4.69. The van der Waals surface area contributed by atoms with Crippen molar-refractivity contribution < 1.29 is 29.0 Å². The smallest absolute Gasteiger partial charge is 0.361 e. The number of carboxylic acids is 1. The zero-order valence-electron chi connectivity index (χ0n) is 10.3. The minimum Gasteiger partial charge on any atom is -0.477 e. The number of benzene rings is 1. The van der Waals surface area contributed by atoms with E-state index in [1.807, 2.05) is 0 Å². The number of amides is 2. The topological polar surface area (TPSA) is 93.1 Å². The maximum absolute atomic E-state index is 12.2. The van der Waals surface area contributed by atoms with E-state index in [4.69, 9.17) is 14.6 Å². The van der Waals surface area contributed by atoms with Crippen LogP contribution in [0, 0.1) is 0 Å². The first-order valence-electron chi connectivity index (χ1n) is 6.02. The molecule has 1 saturated heterocycles. The summed E-state index contributed by atoms with van der Waals surface area (Å²) in [6.07, 6.45) is -1.35. The van der Waals surface area contributed by atoms with E-state index in [1.54, 1.807) is 24.3 Å². The highest BCUT2D eigenvalue weighted by Crippen LogP contribution is 2.26. The quantitative estimate of drug-likeness (QED) is 0.771. The van der Waals surface area contributed by atoms with Gasteiger partial charge in [-0.05, 0) is 12.1 Å². The molecular weight excluding hydrogens is 266 g/mol. The van der Waals surface area contributed by atoms with E-state index in [0.29, 0.717) is 11.1 Å². The molecule has 2 amide bonds. The molecule has 3 rings (SSSR count). The van der Waals surface area contributed by atoms with E-state index in [-0.39, 0.29) is 13.2 Å². The van der Waals surface area contributed by atoms with Gasteiger partial charge in [-0.15, -0.1) is 0 Å². The highest BCUT2D eigenvalue weighted by atomic mass is 16.7. The number of hydrogen-bond donors (Lipinski definition) is 1. The number of nitrogens with zero attached hydrogens (tertiary/aromatic N) is 1. The predicted octanol–water partition coefficient (Wildman–Crippen LogP) is 0.109. The van der Waals surface area contributed by atoms with Gasteiger partial charge in [-0.25, -0.2) is 4.79 Å². The molecule has 1 fully saturated rings. The molecule has 20 heavy (non-hydrogen) atoms. The maximum Gasteiger partial charge on any atom is 0.361 e. The van der Waals surface area contributed by atoms with E-state index < -0.39 is 30.1 Å². The van der Waals surface area contributed by atoms with Crippen molar-refractivity contribution >= 4 is 17.8 Å². The maximum atomic E-state index is 12.2. The third-order valence-corrected chi connectivity index (χ3v) is 3.27. The van der Waals surface area contributed by atoms with E-state index in [9.17, 15) is 14.4 Å². The molecule has 0 radical (unpaired) electrons. The molecule has 2 aliphatic rings. The van der Waals surface area contributed by atoms with Crippen molar-refractivity contribution in [2.45, 2.75) is 12.3 Å². The van der Waals surface area contributed by atoms with Crippen LogP contribution < -0.4 is 0 Å². The standard InChI is InChI=1S/C13H11NO6/c15-10-8-3-1-2-4-9(8)11(16)14(10)7-5-19-13(12(17)18)20-6-7/h1-4,7,13H,5-6H2,(H,17,18)/t7-,13-. The number of imide groups is 1. The molecule has 2 heterocycles. The minimum atomic E-state index is -1.35. The molecule has 104 valence electrons. The Hall–Kier alpha value is -2.25. The molecule has 1 N–H and O–H groups in total. The van der Waals surface area contributed by atoms with Crippen molar-refractivity contribution in [2.24, 2.45) is 0 Å². The highest BCUT2D eigenvalue weighted by molar-refractivity contribution is 6.21. The van der Waals surface area contributed by atoms with Gasteiger partial charge in [0.1, 0.15) is 0 Å². The lowest BCUT2D eigenvalue weighted by Crippen LogP contribution is -2.51. The van der Waals surface area contributed by atoms with Gasteiger partial charge in [0.05, 0.1) is 30.4 Å². The molecule has 0 atom stereocenters. The lowest BCUT2D eigenvalue weighted by Gasteiger charge is -2.31. The van der Waals surface area contributed by atoms with Gasteiger partial charge in [0.2, 0.25) is 0 Å². The lowest BCUT2D eigenvalue weighted by atomic mass is 10.1. The van der Waals surface area contributed by atoms with Crippen LogP contribution in [0.5, 0.6) is 0 Å². The van der Waals surface area contributed by atoms with E-state index >= 15 is 0 Å². The summed E-state index contributed by atoms with van der Waals surface area (Å²) in [5, 5.41) is 8.74. The van der Waals surface area contributed by atoms with Crippen LogP contribution in [0.4, 0.5) is 0 Å². The fourth-order valence-electron chi connectivity index (χ4n) is 2.32. The lowest BCUT2D eigenvalue weighted by molar-refractivity contribution is -0.214. The Morgan fingerprint density at radius 3 is 2.05 bits per heavy atom. The van der Waals surface area contributed by atoms with Crippen LogP contribution in [0.15, 0.2) is 24.3 Å². The molecule has 7 nitrogen and oxygen atoms in total. The monoisotopic (exact) mass is 277 g/mol. The second-order valence-electron chi connectivity index (χ2n) is 4.52. The normalized spacial score (nSPS) is 25.7. The van der Waals surface area contributed by atoms with Gasteiger partial charge in [0, 0.05) is 0 Å². The van der Waals surface area contributed by atoms with Crippen molar-refractivity contribution in [1.29, 1.82) is 0 Å². The van der Waals surface area contributed by atoms with Crippen LogP contribution in [0.25, 0.3) is 0 Å². The summed E-state index contributed by atoms with van der Waals surface area (Å²) in [6.45, 7) is -0.106. The Kier molecular flexibility index (Phi) is 3.00. The Morgan fingerprint density at radius 2 is 1.60 bits per heavy atom. The summed E-state index contributed by atoms with van der Waals surface area (Å²) in [6, 6.07) is 5.92. The van der Waals surface area contributed by atoms with E-state index in [1.165, 1.54) is 0 Å². The zero-order valence-corrected chi connectivity index (χ0v) is 10.3. The zero-order chi connectivity index (χ0) is 14.3. The molecule has 1 aromatic rings. The molecule has 0 bridgehead atoms. The molecule has 0 unspecified atom stereocenters. The third kappa shape index (κ3) is 1.87. The fourth-order valence-corrected chi connectivity index (χ4v) is 2.32. The SMILES string of the molecule is O=C1c2ccccc2C(=O)N1[C@H]1CO[C@H](C(=O)O)OC1. The molecule has 1 aromatic carbocycles. The number of rotatable bonds is 2. The molecule has 0 spiro atoms. The van der Waals surface area contributed by atoms with Crippen LogP contribution in [-0.2, 0) is 14.3 Å². The number of carbonyl (C=O) groups is 3. The van der Waals surface area contributed by atoms with Crippen LogP contribution in [0.2, 0.25) is 0 Å². The summed E-state index contributed by atoms with van der Waals surface area (Å²) in [5.41, 5.74) is 0.690. The molecule has 7 heteroatoms. The summed E-state index contributed by atoms with van der Waals surface area (Å²) >= 11 is 0. The highest BCUT2D eigenvalue weighted by Gasteiger charge is 2.42. The van der Waals surface area contributed by atoms with Crippen LogP contribution in [-0.4, -0.2) is 53.3 Å². The van der Waals surface area contributed by atoms with Crippen LogP contribution in [0.1, 0.15) is 20.7 Å². The average Bonchev–Trinajstić information content (AvgIpc) is 2.72. The van der Waals surface area contributed by atoms with E-state index in [2.05, 4.69) is 0 Å². The number of aliphatic carboxylic acids is 1. The first-order valence-corrected chi connectivity index (χ1v) is 6.02. The molecule has 2 aliphatic heterocycles. The Balaban J connectivity index is 1.79. The van der Waals surface area contributed by atoms with Gasteiger partial charge >= 0.3 is 5.97 Å². The molecular formula is C13H11NO6. The van der Waals surface area contributed by atoms with Gasteiger partial charge in [-0.3, -0.25) is 14.5 Å². The Morgan fingerprint density at radius 1 is 1.10 bits per heavy atom.